The van der Waals surface area contributed by atoms with Gasteiger partial charge in [0, 0.05) is 66.6 Å². The van der Waals surface area contributed by atoms with Crippen LogP contribution in [0.15, 0.2) is 65.5 Å². The van der Waals surface area contributed by atoms with Crippen LogP contribution in [0.25, 0.3) is 11.1 Å². The predicted molar refractivity (Wildman–Crippen MR) is 122 cm³/mol. The first-order chi connectivity index (χ1) is 15.0. The van der Waals surface area contributed by atoms with Gasteiger partial charge in [-0.1, -0.05) is 30.3 Å². The highest BCUT2D eigenvalue weighted by Crippen LogP contribution is 2.37. The molecule has 1 N–H and O–H groups in total. The number of piperidine rings is 1. The van der Waals surface area contributed by atoms with Crippen molar-refractivity contribution in [3.63, 3.8) is 0 Å². The van der Waals surface area contributed by atoms with Crippen molar-refractivity contribution >= 4 is 5.69 Å². The molecule has 1 fully saturated rings. The number of fused-ring (bicyclic) bond motifs is 4. The zero-order valence-electron chi connectivity index (χ0n) is 18.1. The molecule has 1 saturated heterocycles. The van der Waals surface area contributed by atoms with Crippen LogP contribution in [0.2, 0.25) is 0 Å². The molecule has 0 radical (unpaired) electrons. The van der Waals surface area contributed by atoms with Crippen molar-refractivity contribution in [3.8, 4) is 11.1 Å². The third kappa shape index (κ3) is 3.79. The summed E-state index contributed by atoms with van der Waals surface area (Å²) in [7, 11) is 4.11. The number of aromatic nitrogens is 1. The van der Waals surface area contributed by atoms with Gasteiger partial charge in [0.25, 0.3) is 5.56 Å². The van der Waals surface area contributed by atoms with E-state index in [-0.39, 0.29) is 17.3 Å². The second kappa shape index (κ2) is 7.97. The van der Waals surface area contributed by atoms with Crippen LogP contribution in [-0.2, 0) is 13.1 Å². The van der Waals surface area contributed by atoms with E-state index in [1.165, 1.54) is 17.3 Å². The minimum absolute atomic E-state index is 0.0347. The van der Waals surface area contributed by atoms with Crippen molar-refractivity contribution in [1.29, 1.82) is 0 Å². The summed E-state index contributed by atoms with van der Waals surface area (Å²) in [6.07, 6.45) is 1.08. The Morgan fingerprint density at radius 1 is 1.00 bits per heavy atom. The number of halogens is 1. The molecule has 0 saturated carbocycles. The molecule has 5 heteroatoms. The number of hydrogen-bond donors (Lipinski definition) is 1. The third-order valence-electron chi connectivity index (χ3n) is 6.85. The summed E-state index contributed by atoms with van der Waals surface area (Å²) in [4.78, 5) is 16.3. The van der Waals surface area contributed by atoms with E-state index in [0.717, 1.165) is 43.9 Å². The van der Waals surface area contributed by atoms with E-state index in [1.54, 1.807) is 17.0 Å². The van der Waals surface area contributed by atoms with Gasteiger partial charge in [0.15, 0.2) is 0 Å². The van der Waals surface area contributed by atoms with Crippen LogP contribution in [-0.4, -0.2) is 31.8 Å². The molecule has 3 heterocycles. The van der Waals surface area contributed by atoms with E-state index in [1.807, 2.05) is 22.8 Å². The fourth-order valence-electron chi connectivity index (χ4n) is 5.49. The van der Waals surface area contributed by atoms with Gasteiger partial charge in [-0.15, -0.1) is 0 Å². The molecule has 1 unspecified atom stereocenters. The fourth-order valence-corrected chi connectivity index (χ4v) is 5.49. The summed E-state index contributed by atoms with van der Waals surface area (Å²) in [6, 6.07) is 19.1. The van der Waals surface area contributed by atoms with Crippen molar-refractivity contribution in [2.75, 3.05) is 32.1 Å². The zero-order valence-corrected chi connectivity index (χ0v) is 18.1. The Labute approximate surface area is 182 Å². The van der Waals surface area contributed by atoms with Gasteiger partial charge < -0.3 is 14.4 Å². The highest BCUT2D eigenvalue weighted by molar-refractivity contribution is 5.67. The lowest BCUT2D eigenvalue weighted by atomic mass is 9.80. The minimum Gasteiger partial charge on any atom is -0.378 e. The molecule has 0 amide bonds. The van der Waals surface area contributed by atoms with Crippen LogP contribution in [0.3, 0.4) is 0 Å². The van der Waals surface area contributed by atoms with E-state index < -0.39 is 0 Å². The normalized spacial score (nSPS) is 22.1. The Hall–Kier alpha value is -2.92. The number of benzene rings is 2. The van der Waals surface area contributed by atoms with E-state index in [9.17, 15) is 9.18 Å². The second-order valence-electron chi connectivity index (χ2n) is 9.26. The van der Waals surface area contributed by atoms with E-state index >= 15 is 0 Å². The van der Waals surface area contributed by atoms with Crippen molar-refractivity contribution in [2.24, 2.45) is 5.92 Å². The van der Waals surface area contributed by atoms with Crippen molar-refractivity contribution in [2.45, 2.75) is 25.4 Å². The summed E-state index contributed by atoms with van der Waals surface area (Å²) in [5.74, 6) is 0.523. The number of rotatable bonds is 4. The highest BCUT2D eigenvalue weighted by atomic mass is 19.1. The van der Waals surface area contributed by atoms with Crippen LogP contribution in [0.5, 0.6) is 0 Å². The lowest BCUT2D eigenvalue weighted by Crippen LogP contribution is -3.13. The van der Waals surface area contributed by atoms with Gasteiger partial charge in [-0.25, -0.2) is 4.39 Å². The van der Waals surface area contributed by atoms with E-state index in [0.29, 0.717) is 11.5 Å². The van der Waals surface area contributed by atoms with Gasteiger partial charge in [0.1, 0.15) is 12.4 Å². The minimum atomic E-state index is -0.230. The maximum atomic E-state index is 14.6. The van der Waals surface area contributed by atoms with Crippen LogP contribution in [0.1, 0.15) is 23.6 Å². The molecule has 3 aromatic rings. The molecule has 2 aliphatic rings. The molecular formula is C26H29FN3O+. The summed E-state index contributed by atoms with van der Waals surface area (Å²) >= 11 is 0. The first-order valence-electron chi connectivity index (χ1n) is 11.1. The third-order valence-corrected chi connectivity index (χ3v) is 6.85. The first kappa shape index (κ1) is 20.0. The molecule has 2 aliphatic heterocycles. The molecule has 3 atom stereocenters. The molecule has 31 heavy (non-hydrogen) atoms. The number of nitrogens with zero attached hydrogens (tertiary/aromatic N) is 2. The van der Waals surface area contributed by atoms with E-state index in [4.69, 9.17) is 0 Å². The van der Waals surface area contributed by atoms with Gasteiger partial charge in [-0.05, 0) is 30.7 Å². The summed E-state index contributed by atoms with van der Waals surface area (Å²) in [6.45, 7) is 3.75. The van der Waals surface area contributed by atoms with Crippen LogP contribution in [0.4, 0.5) is 10.1 Å². The highest BCUT2D eigenvalue weighted by Gasteiger charge is 2.39. The Balaban J connectivity index is 1.46. The Morgan fingerprint density at radius 3 is 2.52 bits per heavy atom. The average Bonchev–Trinajstić information content (AvgIpc) is 2.75. The number of pyridine rings is 1. The molecule has 4 nitrogen and oxygen atoms in total. The number of quaternary nitrogens is 1. The lowest BCUT2D eigenvalue weighted by Gasteiger charge is -2.41. The number of anilines is 1. The standard InChI is InChI=1S/C26H28FN3O/c1-28(2)21-9-7-18(8-10-21)14-29-15-19-13-20(17-29)26-23(11-12-25(31)30(26)16-19)22-5-3-4-6-24(22)27/h3-12,19-20H,13-17H2,1-2H3/p+1/t19-,20+/m0/s1. The molecule has 2 bridgehead atoms. The maximum absolute atomic E-state index is 14.6. The first-order valence-corrected chi connectivity index (χ1v) is 11.1. The Morgan fingerprint density at radius 2 is 1.77 bits per heavy atom. The quantitative estimate of drug-likeness (QED) is 0.706. The Bertz CT molecular complexity index is 1150. The summed E-state index contributed by atoms with van der Waals surface area (Å²) in [5, 5.41) is 0. The largest absolute Gasteiger partial charge is 0.378 e. The molecule has 0 aliphatic carbocycles. The van der Waals surface area contributed by atoms with Gasteiger partial charge in [-0.3, -0.25) is 4.79 Å². The van der Waals surface area contributed by atoms with Gasteiger partial charge in [0.2, 0.25) is 0 Å². The Kier molecular flexibility index (Phi) is 5.14. The summed E-state index contributed by atoms with van der Waals surface area (Å²) in [5.41, 5.74) is 5.06. The van der Waals surface area contributed by atoms with Crippen LogP contribution >= 0.6 is 0 Å². The average molecular weight is 419 g/mol. The van der Waals surface area contributed by atoms with Crippen LogP contribution < -0.4 is 15.4 Å². The molecule has 160 valence electrons. The lowest BCUT2D eigenvalue weighted by molar-refractivity contribution is -0.924. The second-order valence-corrected chi connectivity index (χ2v) is 9.26. The summed E-state index contributed by atoms with van der Waals surface area (Å²) < 4.78 is 16.5. The van der Waals surface area contributed by atoms with Gasteiger partial charge in [0.05, 0.1) is 13.1 Å². The van der Waals surface area contributed by atoms with Crippen molar-refractivity contribution < 1.29 is 9.29 Å². The number of likely N-dealkylation sites (tertiary alicyclic amines) is 1. The monoisotopic (exact) mass is 418 g/mol. The zero-order chi connectivity index (χ0) is 21.5. The molecule has 2 aromatic carbocycles. The molecule has 1 aromatic heterocycles. The van der Waals surface area contributed by atoms with Crippen LogP contribution in [0, 0.1) is 11.7 Å². The molecule has 5 rings (SSSR count). The number of nitrogens with one attached hydrogen (secondary N) is 1. The molecule has 0 spiro atoms. The smallest absolute Gasteiger partial charge is 0.250 e. The van der Waals surface area contributed by atoms with Gasteiger partial charge >= 0.3 is 0 Å². The maximum Gasteiger partial charge on any atom is 0.250 e. The van der Waals surface area contributed by atoms with Crippen molar-refractivity contribution in [3.05, 3.63) is 88.1 Å². The molecular weight excluding hydrogens is 389 g/mol. The van der Waals surface area contributed by atoms with E-state index in [2.05, 4.69) is 43.3 Å². The van der Waals surface area contributed by atoms with Crippen molar-refractivity contribution in [1.82, 2.24) is 4.57 Å². The number of hydrogen-bond acceptors (Lipinski definition) is 2. The SMILES string of the molecule is CN(C)c1ccc(C[NH+]2C[C@@H]3C[C@H](C2)c2c(-c4ccccc4F)ccc(=O)n2C3)cc1. The topological polar surface area (TPSA) is 29.7 Å². The predicted octanol–water partition coefficient (Wildman–Crippen LogP) is 2.92. The fraction of sp³-hybridized carbons (Fsp3) is 0.346. The van der Waals surface area contributed by atoms with Gasteiger partial charge in [-0.2, -0.15) is 0 Å².